The first-order valence-corrected chi connectivity index (χ1v) is 6.04. The lowest BCUT2D eigenvalue weighted by Crippen LogP contribution is -2.29. The minimum atomic E-state index is -3.65. The van der Waals surface area contributed by atoms with Crippen molar-refractivity contribution in [3.05, 3.63) is 34.6 Å². The van der Waals surface area contributed by atoms with Crippen LogP contribution >= 0.6 is 11.6 Å². The lowest BCUT2D eigenvalue weighted by molar-refractivity contribution is 0.0982. The summed E-state index contributed by atoms with van der Waals surface area (Å²) in [5, 5.41) is -0.142. The van der Waals surface area contributed by atoms with Gasteiger partial charge in [-0.3, -0.25) is 4.79 Å². The van der Waals surface area contributed by atoms with Gasteiger partial charge < -0.3 is 0 Å². The van der Waals surface area contributed by atoms with Crippen molar-refractivity contribution in [1.29, 1.82) is 0 Å². The number of carbonyl (C=O) groups excluding carboxylic acids is 1. The van der Waals surface area contributed by atoms with Crippen molar-refractivity contribution >= 4 is 27.5 Å². The highest BCUT2D eigenvalue weighted by Gasteiger charge is 2.14. The molecule has 1 N–H and O–H groups in total. The molecular formula is C8H7ClFNO3S. The molecule has 0 saturated heterocycles. The summed E-state index contributed by atoms with van der Waals surface area (Å²) >= 11 is 5.56. The quantitative estimate of drug-likeness (QED) is 0.858. The van der Waals surface area contributed by atoms with Gasteiger partial charge in [0.1, 0.15) is 5.82 Å². The molecule has 0 aliphatic carbocycles. The Morgan fingerprint density at radius 3 is 2.53 bits per heavy atom. The fourth-order valence-corrected chi connectivity index (χ4v) is 1.60. The van der Waals surface area contributed by atoms with E-state index in [2.05, 4.69) is 0 Å². The highest BCUT2D eigenvalue weighted by atomic mass is 35.5. The van der Waals surface area contributed by atoms with Gasteiger partial charge in [0, 0.05) is 0 Å². The highest BCUT2D eigenvalue weighted by Crippen LogP contribution is 2.17. The summed E-state index contributed by atoms with van der Waals surface area (Å²) in [5.41, 5.74) is -0.0940. The van der Waals surface area contributed by atoms with E-state index in [-0.39, 0.29) is 10.6 Å². The van der Waals surface area contributed by atoms with Gasteiger partial charge in [-0.1, -0.05) is 11.6 Å². The third kappa shape index (κ3) is 3.49. The summed E-state index contributed by atoms with van der Waals surface area (Å²) in [7, 11) is -3.65. The normalized spacial score (nSPS) is 11.1. The fourth-order valence-electron chi connectivity index (χ4n) is 0.897. The zero-order valence-electron chi connectivity index (χ0n) is 7.62. The minimum Gasteiger partial charge on any atom is -0.268 e. The van der Waals surface area contributed by atoms with E-state index < -0.39 is 21.7 Å². The van der Waals surface area contributed by atoms with Gasteiger partial charge in [0.2, 0.25) is 10.0 Å². The van der Waals surface area contributed by atoms with E-state index in [1.54, 1.807) is 4.72 Å². The molecule has 0 heterocycles. The number of benzene rings is 1. The molecule has 82 valence electrons. The van der Waals surface area contributed by atoms with Crippen molar-refractivity contribution in [2.75, 3.05) is 6.26 Å². The maximum Gasteiger partial charge on any atom is 0.266 e. The SMILES string of the molecule is CS(=O)(=O)NC(=O)c1ccc(F)cc1Cl. The molecule has 1 amide bonds. The Morgan fingerprint density at radius 1 is 1.47 bits per heavy atom. The molecule has 1 rings (SSSR count). The Hall–Kier alpha value is -1.14. The molecule has 0 bridgehead atoms. The monoisotopic (exact) mass is 251 g/mol. The molecule has 0 aliphatic rings. The first-order chi connectivity index (χ1) is 6.79. The third-order valence-electron chi connectivity index (χ3n) is 1.45. The van der Waals surface area contributed by atoms with Crippen LogP contribution in [0.4, 0.5) is 4.39 Å². The Kier molecular flexibility index (Phi) is 3.31. The number of halogens is 2. The van der Waals surface area contributed by atoms with Crippen LogP contribution in [0.15, 0.2) is 18.2 Å². The van der Waals surface area contributed by atoms with E-state index in [4.69, 9.17) is 11.6 Å². The lowest BCUT2D eigenvalue weighted by atomic mass is 10.2. The zero-order chi connectivity index (χ0) is 11.6. The van der Waals surface area contributed by atoms with Gasteiger partial charge in [0.15, 0.2) is 0 Å². The number of hydrogen-bond donors (Lipinski definition) is 1. The molecule has 0 spiro atoms. The summed E-state index contributed by atoms with van der Waals surface area (Å²) < 4.78 is 35.8. The second-order valence-electron chi connectivity index (χ2n) is 2.83. The van der Waals surface area contributed by atoms with Crippen LogP contribution in [0.25, 0.3) is 0 Å². The van der Waals surface area contributed by atoms with Crippen molar-refractivity contribution in [2.24, 2.45) is 0 Å². The third-order valence-corrected chi connectivity index (χ3v) is 2.32. The van der Waals surface area contributed by atoms with Crippen LogP contribution in [-0.4, -0.2) is 20.6 Å². The summed E-state index contributed by atoms with van der Waals surface area (Å²) in [6, 6.07) is 3.06. The van der Waals surface area contributed by atoms with Crippen LogP contribution in [-0.2, 0) is 10.0 Å². The van der Waals surface area contributed by atoms with Gasteiger partial charge in [-0.15, -0.1) is 0 Å². The minimum absolute atomic E-state index is 0.0940. The number of nitrogens with one attached hydrogen (secondary N) is 1. The van der Waals surface area contributed by atoms with Gasteiger partial charge in [-0.05, 0) is 18.2 Å². The zero-order valence-corrected chi connectivity index (χ0v) is 9.19. The van der Waals surface area contributed by atoms with Crippen LogP contribution < -0.4 is 4.72 Å². The van der Waals surface area contributed by atoms with E-state index in [1.165, 1.54) is 0 Å². The molecule has 7 heteroatoms. The van der Waals surface area contributed by atoms with Crippen LogP contribution in [0.2, 0.25) is 5.02 Å². The van der Waals surface area contributed by atoms with Crippen molar-refractivity contribution in [2.45, 2.75) is 0 Å². The first kappa shape index (κ1) is 11.9. The summed E-state index contributed by atoms with van der Waals surface area (Å²) in [5.74, 6) is -1.49. The van der Waals surface area contributed by atoms with Crippen LogP contribution in [0, 0.1) is 5.82 Å². The summed E-state index contributed by atoms with van der Waals surface area (Å²) in [6.07, 6.45) is 0.836. The Labute approximate surface area is 91.1 Å². The molecule has 0 fully saturated rings. The molecule has 0 aliphatic heterocycles. The van der Waals surface area contributed by atoms with Crippen molar-refractivity contribution in [1.82, 2.24) is 4.72 Å². The standard InChI is InChI=1S/C8H7ClFNO3S/c1-15(13,14)11-8(12)6-3-2-5(10)4-7(6)9/h2-4H,1H3,(H,11,12). The molecule has 1 aromatic carbocycles. The largest absolute Gasteiger partial charge is 0.268 e. The molecule has 0 saturated carbocycles. The smallest absolute Gasteiger partial charge is 0.266 e. The summed E-state index contributed by atoms with van der Waals surface area (Å²) in [4.78, 5) is 11.3. The number of rotatable bonds is 2. The van der Waals surface area contributed by atoms with Gasteiger partial charge in [0.25, 0.3) is 5.91 Å². The number of hydrogen-bond acceptors (Lipinski definition) is 3. The van der Waals surface area contributed by atoms with Gasteiger partial charge in [-0.25, -0.2) is 17.5 Å². The first-order valence-electron chi connectivity index (χ1n) is 3.77. The molecule has 0 atom stereocenters. The molecule has 0 unspecified atom stereocenters. The van der Waals surface area contributed by atoms with Gasteiger partial charge >= 0.3 is 0 Å². The number of carbonyl (C=O) groups is 1. The summed E-state index contributed by atoms with van der Waals surface area (Å²) in [6.45, 7) is 0. The maximum atomic E-state index is 12.6. The average molecular weight is 252 g/mol. The highest BCUT2D eigenvalue weighted by molar-refractivity contribution is 7.89. The van der Waals surface area contributed by atoms with E-state index in [1.807, 2.05) is 0 Å². The van der Waals surface area contributed by atoms with Crippen LogP contribution in [0.3, 0.4) is 0 Å². The lowest BCUT2D eigenvalue weighted by Gasteiger charge is -2.04. The van der Waals surface area contributed by atoms with E-state index >= 15 is 0 Å². The fraction of sp³-hybridized carbons (Fsp3) is 0.125. The van der Waals surface area contributed by atoms with Crippen molar-refractivity contribution in [3.8, 4) is 0 Å². The predicted octanol–water partition coefficient (Wildman–Crippen LogP) is 1.17. The second kappa shape index (κ2) is 4.16. The van der Waals surface area contributed by atoms with E-state index in [0.717, 1.165) is 24.5 Å². The number of amides is 1. The topological polar surface area (TPSA) is 63.2 Å². The van der Waals surface area contributed by atoms with Gasteiger partial charge in [0.05, 0.1) is 16.8 Å². The van der Waals surface area contributed by atoms with Crippen molar-refractivity contribution in [3.63, 3.8) is 0 Å². The van der Waals surface area contributed by atoms with E-state index in [0.29, 0.717) is 0 Å². The van der Waals surface area contributed by atoms with E-state index in [9.17, 15) is 17.6 Å². The molecule has 0 radical (unpaired) electrons. The number of sulfonamides is 1. The predicted molar refractivity (Wildman–Crippen MR) is 53.7 cm³/mol. The van der Waals surface area contributed by atoms with Crippen LogP contribution in [0.1, 0.15) is 10.4 Å². The second-order valence-corrected chi connectivity index (χ2v) is 4.98. The van der Waals surface area contributed by atoms with Crippen LogP contribution in [0.5, 0.6) is 0 Å². The Balaban J connectivity index is 3.02. The molecular weight excluding hydrogens is 245 g/mol. The average Bonchev–Trinajstić information content (AvgIpc) is 1.99. The molecule has 1 aromatic rings. The Morgan fingerprint density at radius 2 is 2.07 bits per heavy atom. The molecule has 0 aromatic heterocycles. The van der Waals surface area contributed by atoms with Crippen molar-refractivity contribution < 1.29 is 17.6 Å². The molecule has 15 heavy (non-hydrogen) atoms. The Bertz CT molecular complexity index is 501. The maximum absolute atomic E-state index is 12.6. The van der Waals surface area contributed by atoms with Gasteiger partial charge in [-0.2, -0.15) is 0 Å². The molecule has 4 nitrogen and oxygen atoms in total.